The van der Waals surface area contributed by atoms with E-state index in [-0.39, 0.29) is 17.5 Å². The van der Waals surface area contributed by atoms with Crippen molar-refractivity contribution in [2.75, 3.05) is 13.1 Å². The van der Waals surface area contributed by atoms with Crippen LogP contribution < -0.4 is 0 Å². The molecule has 0 radical (unpaired) electrons. The molecule has 1 amide bonds. The number of amides is 1. The monoisotopic (exact) mass is 408 g/mol. The Morgan fingerprint density at radius 3 is 2.62 bits per heavy atom. The number of carbonyl (C=O) groups excluding carboxylic acids is 1. The van der Waals surface area contributed by atoms with E-state index in [1.165, 1.54) is 29.8 Å². The fraction of sp³-hybridized carbons (Fsp3) is 0.286. The lowest BCUT2D eigenvalue weighted by Gasteiger charge is -2.31. The van der Waals surface area contributed by atoms with Crippen molar-refractivity contribution in [3.63, 3.8) is 0 Å². The maximum atomic E-state index is 12.8. The van der Waals surface area contributed by atoms with Crippen molar-refractivity contribution in [1.29, 1.82) is 0 Å². The van der Waals surface area contributed by atoms with Crippen molar-refractivity contribution in [2.45, 2.75) is 25.2 Å². The van der Waals surface area contributed by atoms with Gasteiger partial charge in [0.1, 0.15) is 10.0 Å². The van der Waals surface area contributed by atoms with Crippen LogP contribution in [0.25, 0.3) is 0 Å². The van der Waals surface area contributed by atoms with Gasteiger partial charge in [-0.15, -0.1) is 21.5 Å². The second-order valence-electron chi connectivity index (χ2n) is 7.09. The van der Waals surface area contributed by atoms with Crippen molar-refractivity contribution >= 4 is 22.9 Å². The summed E-state index contributed by atoms with van der Waals surface area (Å²) in [7, 11) is 0. The van der Waals surface area contributed by atoms with Gasteiger partial charge in [0.05, 0.1) is 4.92 Å². The highest BCUT2D eigenvalue weighted by Crippen LogP contribution is 2.30. The summed E-state index contributed by atoms with van der Waals surface area (Å²) in [6.07, 6.45) is 2.64. The number of aromatic nitrogens is 2. The van der Waals surface area contributed by atoms with E-state index < -0.39 is 4.92 Å². The van der Waals surface area contributed by atoms with Crippen LogP contribution in [0, 0.1) is 10.1 Å². The third-order valence-corrected chi connectivity index (χ3v) is 6.15. The van der Waals surface area contributed by atoms with Crippen LogP contribution in [-0.4, -0.2) is 39.0 Å². The van der Waals surface area contributed by atoms with E-state index in [9.17, 15) is 14.9 Å². The number of nitro benzene ring substituents is 1. The predicted molar refractivity (Wildman–Crippen MR) is 110 cm³/mol. The fourth-order valence-electron chi connectivity index (χ4n) is 3.54. The van der Waals surface area contributed by atoms with Gasteiger partial charge in [-0.2, -0.15) is 0 Å². The van der Waals surface area contributed by atoms with Crippen molar-refractivity contribution < 1.29 is 9.72 Å². The van der Waals surface area contributed by atoms with E-state index in [1.807, 2.05) is 23.1 Å². The molecule has 0 aliphatic carbocycles. The molecule has 3 aromatic rings. The average Bonchev–Trinajstić information content (AvgIpc) is 3.22. The van der Waals surface area contributed by atoms with E-state index in [0.29, 0.717) is 18.7 Å². The Morgan fingerprint density at radius 1 is 1.14 bits per heavy atom. The second-order valence-corrected chi connectivity index (χ2v) is 8.18. The molecule has 148 valence electrons. The maximum Gasteiger partial charge on any atom is 0.269 e. The fourth-order valence-corrected chi connectivity index (χ4v) is 4.55. The maximum absolute atomic E-state index is 12.8. The SMILES string of the molecule is O=C(c1ccc([N+](=O)[O-])cc1)N1CCCC(c2nnc(Cc3ccccc3)s2)C1. The predicted octanol–water partition coefficient (Wildman–Crippen LogP) is 4.06. The third-order valence-electron chi connectivity index (χ3n) is 5.06. The van der Waals surface area contributed by atoms with Gasteiger partial charge in [0, 0.05) is 43.1 Å². The topological polar surface area (TPSA) is 89.2 Å². The second kappa shape index (κ2) is 8.48. The van der Waals surface area contributed by atoms with Gasteiger partial charge in [0.15, 0.2) is 0 Å². The molecule has 1 fully saturated rings. The van der Waals surface area contributed by atoms with Gasteiger partial charge in [-0.05, 0) is 30.5 Å². The van der Waals surface area contributed by atoms with E-state index in [1.54, 1.807) is 11.3 Å². The molecule has 2 heterocycles. The summed E-state index contributed by atoms with van der Waals surface area (Å²) in [5.41, 5.74) is 1.66. The summed E-state index contributed by atoms with van der Waals surface area (Å²) in [6.45, 7) is 1.28. The highest BCUT2D eigenvalue weighted by atomic mass is 32.1. The number of hydrogen-bond acceptors (Lipinski definition) is 6. The number of benzene rings is 2. The van der Waals surface area contributed by atoms with Gasteiger partial charge in [-0.25, -0.2) is 0 Å². The lowest BCUT2D eigenvalue weighted by molar-refractivity contribution is -0.384. The molecule has 0 saturated carbocycles. The first-order valence-electron chi connectivity index (χ1n) is 9.50. The Morgan fingerprint density at radius 2 is 1.90 bits per heavy atom. The lowest BCUT2D eigenvalue weighted by atomic mass is 9.98. The van der Waals surface area contributed by atoms with Gasteiger partial charge in [-0.3, -0.25) is 14.9 Å². The van der Waals surface area contributed by atoms with Crippen LogP contribution in [0.1, 0.15) is 44.7 Å². The zero-order chi connectivity index (χ0) is 20.2. The van der Waals surface area contributed by atoms with Crippen molar-refractivity contribution in [2.24, 2.45) is 0 Å². The minimum Gasteiger partial charge on any atom is -0.338 e. The van der Waals surface area contributed by atoms with Crippen LogP contribution in [0.4, 0.5) is 5.69 Å². The molecule has 1 aliphatic rings. The van der Waals surface area contributed by atoms with Gasteiger partial charge in [0.2, 0.25) is 0 Å². The molecular weight excluding hydrogens is 388 g/mol. The Labute approximate surface area is 172 Å². The van der Waals surface area contributed by atoms with Crippen molar-refractivity contribution in [3.8, 4) is 0 Å². The molecule has 0 spiro atoms. The van der Waals surface area contributed by atoms with E-state index >= 15 is 0 Å². The van der Waals surface area contributed by atoms with Gasteiger partial charge in [0.25, 0.3) is 11.6 Å². The molecule has 1 saturated heterocycles. The Kier molecular flexibility index (Phi) is 5.62. The summed E-state index contributed by atoms with van der Waals surface area (Å²) in [5.74, 6) is 0.0754. The van der Waals surface area contributed by atoms with Gasteiger partial charge >= 0.3 is 0 Å². The number of nitro groups is 1. The molecule has 1 unspecified atom stereocenters. The highest BCUT2D eigenvalue weighted by Gasteiger charge is 2.28. The van der Waals surface area contributed by atoms with E-state index in [4.69, 9.17) is 0 Å². The number of piperidine rings is 1. The molecule has 7 nitrogen and oxygen atoms in total. The summed E-state index contributed by atoms with van der Waals surface area (Å²) in [4.78, 5) is 25.0. The van der Waals surface area contributed by atoms with Gasteiger partial charge in [-0.1, -0.05) is 30.3 Å². The number of carbonyl (C=O) groups is 1. The minimum atomic E-state index is -0.465. The number of nitrogens with zero attached hydrogens (tertiary/aromatic N) is 4. The molecular formula is C21H20N4O3S. The molecule has 0 bridgehead atoms. The van der Waals surface area contributed by atoms with Crippen molar-refractivity contribution in [1.82, 2.24) is 15.1 Å². The normalized spacial score (nSPS) is 16.6. The standard InChI is InChI=1S/C21H20N4O3S/c26-21(16-8-10-18(11-9-16)25(27)28)24-12-4-7-17(14-24)20-23-22-19(29-20)13-15-5-2-1-3-6-15/h1-3,5-6,8-11,17H,4,7,12-14H2. The number of likely N-dealkylation sites (tertiary alicyclic amines) is 1. The molecule has 1 aromatic heterocycles. The quantitative estimate of drug-likeness (QED) is 0.469. The Bertz CT molecular complexity index is 1000. The number of non-ortho nitro benzene ring substituents is 1. The first-order chi connectivity index (χ1) is 14.1. The van der Waals surface area contributed by atoms with Crippen LogP contribution in [0.2, 0.25) is 0 Å². The molecule has 0 N–H and O–H groups in total. The molecule has 8 heteroatoms. The van der Waals surface area contributed by atoms with Crippen molar-refractivity contribution in [3.05, 3.63) is 85.9 Å². The first kappa shape index (κ1) is 19.2. The molecule has 1 aliphatic heterocycles. The Hall–Kier alpha value is -3.13. The van der Waals surface area contributed by atoms with Crippen LogP contribution >= 0.6 is 11.3 Å². The largest absolute Gasteiger partial charge is 0.338 e. The molecule has 29 heavy (non-hydrogen) atoms. The zero-order valence-corrected chi connectivity index (χ0v) is 16.5. The minimum absolute atomic E-state index is 0.0159. The van der Waals surface area contributed by atoms with Crippen LogP contribution in [0.3, 0.4) is 0 Å². The number of rotatable bonds is 5. The van der Waals surface area contributed by atoms with E-state index in [2.05, 4.69) is 22.3 Å². The average molecular weight is 408 g/mol. The summed E-state index contributed by atoms with van der Waals surface area (Å²) in [6, 6.07) is 16.0. The Balaban J connectivity index is 1.43. The highest BCUT2D eigenvalue weighted by molar-refractivity contribution is 7.11. The third kappa shape index (κ3) is 4.48. The molecule has 1 atom stereocenters. The molecule has 4 rings (SSSR count). The van der Waals surface area contributed by atoms with E-state index in [0.717, 1.165) is 29.3 Å². The van der Waals surface area contributed by atoms with Crippen LogP contribution in [0.15, 0.2) is 54.6 Å². The zero-order valence-electron chi connectivity index (χ0n) is 15.7. The van der Waals surface area contributed by atoms with Crippen LogP contribution in [-0.2, 0) is 6.42 Å². The van der Waals surface area contributed by atoms with Gasteiger partial charge < -0.3 is 4.90 Å². The first-order valence-corrected chi connectivity index (χ1v) is 10.3. The lowest BCUT2D eigenvalue weighted by Crippen LogP contribution is -2.39. The summed E-state index contributed by atoms with van der Waals surface area (Å²) >= 11 is 1.61. The molecule has 2 aromatic carbocycles. The smallest absolute Gasteiger partial charge is 0.269 e. The summed E-state index contributed by atoms with van der Waals surface area (Å²) < 4.78 is 0. The van der Waals surface area contributed by atoms with Crippen LogP contribution in [0.5, 0.6) is 0 Å². The summed E-state index contributed by atoms with van der Waals surface area (Å²) in [5, 5.41) is 21.5. The number of hydrogen-bond donors (Lipinski definition) is 0.